The molecule has 0 unspecified atom stereocenters. The van der Waals surface area contributed by atoms with E-state index in [2.05, 4.69) is 92.5 Å². The van der Waals surface area contributed by atoms with Gasteiger partial charge in [0.25, 0.3) is 0 Å². The Balaban J connectivity index is 1.84. The van der Waals surface area contributed by atoms with Crippen molar-refractivity contribution in [1.82, 2.24) is 5.32 Å². The van der Waals surface area contributed by atoms with Crippen molar-refractivity contribution in [3.63, 3.8) is 0 Å². The van der Waals surface area contributed by atoms with Crippen LogP contribution >= 0.6 is 0 Å². The van der Waals surface area contributed by atoms with Crippen molar-refractivity contribution >= 4 is 17.7 Å². The van der Waals surface area contributed by atoms with Gasteiger partial charge in [-0.2, -0.15) is 0 Å². The lowest BCUT2D eigenvalue weighted by Crippen LogP contribution is -2.68. The first-order valence-electron chi connectivity index (χ1n) is 9.29. The Labute approximate surface area is 155 Å². The molecule has 1 atom stereocenters. The average Bonchev–Trinajstić information content (AvgIpc) is 2.79. The number of amides is 1. The second-order valence-electron chi connectivity index (χ2n) is 8.11. The summed E-state index contributed by atoms with van der Waals surface area (Å²) in [6.07, 6.45) is 4.85. The molecular weight excluding hydrogens is 320 g/mol. The van der Waals surface area contributed by atoms with Crippen LogP contribution in [-0.2, 0) is 10.2 Å². The number of carbonyl (C=O) groups excluding carboxylic acids is 1. The third-order valence-corrected chi connectivity index (χ3v) is 5.98. The summed E-state index contributed by atoms with van der Waals surface area (Å²) in [5.74, 6) is 0.118. The zero-order chi connectivity index (χ0) is 18.5. The van der Waals surface area contributed by atoms with E-state index in [1.54, 1.807) is 0 Å². The van der Waals surface area contributed by atoms with E-state index in [-0.39, 0.29) is 11.3 Å². The van der Waals surface area contributed by atoms with Crippen LogP contribution in [0, 0.1) is 13.8 Å². The monoisotopic (exact) mass is 346 g/mol. The Hall–Kier alpha value is -2.55. The minimum absolute atomic E-state index is 0.118. The molecule has 0 radical (unpaired) electrons. The molecule has 1 fully saturated rings. The van der Waals surface area contributed by atoms with E-state index in [0.29, 0.717) is 6.42 Å². The number of carbonyl (C=O) groups is 1. The lowest BCUT2D eigenvalue weighted by atomic mass is 9.74. The number of anilines is 1. The molecule has 26 heavy (non-hydrogen) atoms. The number of nitrogens with zero attached hydrogens (tertiary/aromatic N) is 1. The number of nitrogens with one attached hydrogen (secondary N) is 1. The van der Waals surface area contributed by atoms with Gasteiger partial charge in [0.05, 0.1) is 0 Å². The fraction of sp³-hybridized carbons (Fsp3) is 0.348. The summed E-state index contributed by atoms with van der Waals surface area (Å²) in [6.45, 7) is 9.42. The van der Waals surface area contributed by atoms with E-state index < -0.39 is 5.66 Å². The molecule has 2 aromatic carbocycles. The fourth-order valence-corrected chi connectivity index (χ4v) is 4.36. The van der Waals surface area contributed by atoms with E-state index in [1.165, 1.54) is 22.4 Å². The lowest BCUT2D eigenvalue weighted by molar-refractivity contribution is -0.124. The van der Waals surface area contributed by atoms with Gasteiger partial charge in [-0.3, -0.25) is 4.79 Å². The van der Waals surface area contributed by atoms with Crippen LogP contribution in [0.15, 0.2) is 48.5 Å². The van der Waals surface area contributed by atoms with Crippen LogP contribution in [0.3, 0.4) is 0 Å². The molecule has 134 valence electrons. The van der Waals surface area contributed by atoms with E-state index >= 15 is 0 Å². The Morgan fingerprint density at radius 3 is 2.46 bits per heavy atom. The molecule has 4 rings (SSSR count). The number of hydrogen-bond donors (Lipinski definition) is 1. The second kappa shape index (κ2) is 5.73. The summed E-state index contributed by atoms with van der Waals surface area (Å²) < 4.78 is 0. The van der Waals surface area contributed by atoms with Gasteiger partial charge in [0.1, 0.15) is 5.66 Å². The molecule has 1 saturated heterocycles. The van der Waals surface area contributed by atoms with Crippen molar-refractivity contribution in [1.29, 1.82) is 0 Å². The van der Waals surface area contributed by atoms with Crippen molar-refractivity contribution in [3.8, 4) is 0 Å². The molecule has 0 aliphatic carbocycles. The number of hydrogen-bond acceptors (Lipinski definition) is 2. The molecule has 2 aliphatic rings. The SMILES string of the molecule is Cc1ccc(/C=C/[C@]23NC(=O)CCN2c2ccc(C)cc2C3(C)C)cc1. The van der Waals surface area contributed by atoms with Gasteiger partial charge in [0, 0.05) is 24.1 Å². The van der Waals surface area contributed by atoms with Gasteiger partial charge in [0.15, 0.2) is 0 Å². The van der Waals surface area contributed by atoms with Gasteiger partial charge in [-0.15, -0.1) is 0 Å². The molecule has 3 nitrogen and oxygen atoms in total. The maximum Gasteiger partial charge on any atom is 0.223 e. The van der Waals surface area contributed by atoms with Crippen molar-refractivity contribution in [2.75, 3.05) is 11.4 Å². The Morgan fingerprint density at radius 2 is 1.73 bits per heavy atom. The molecule has 2 aliphatic heterocycles. The number of fused-ring (bicyclic) bond motifs is 3. The van der Waals surface area contributed by atoms with Gasteiger partial charge in [-0.25, -0.2) is 0 Å². The van der Waals surface area contributed by atoms with E-state index in [4.69, 9.17) is 0 Å². The average molecular weight is 346 g/mol. The minimum atomic E-state index is -0.538. The summed E-state index contributed by atoms with van der Waals surface area (Å²) >= 11 is 0. The smallest absolute Gasteiger partial charge is 0.223 e. The molecule has 0 bridgehead atoms. The van der Waals surface area contributed by atoms with Gasteiger partial charge in [-0.05, 0) is 37.1 Å². The van der Waals surface area contributed by atoms with Crippen molar-refractivity contribution in [2.24, 2.45) is 0 Å². The van der Waals surface area contributed by atoms with Crippen LogP contribution in [0.5, 0.6) is 0 Å². The molecule has 0 spiro atoms. The fourth-order valence-electron chi connectivity index (χ4n) is 4.36. The lowest BCUT2D eigenvalue weighted by Gasteiger charge is -2.49. The highest BCUT2D eigenvalue weighted by Gasteiger charge is 2.57. The minimum Gasteiger partial charge on any atom is -0.344 e. The normalized spacial score (nSPS) is 23.7. The topological polar surface area (TPSA) is 32.3 Å². The quantitative estimate of drug-likeness (QED) is 0.878. The van der Waals surface area contributed by atoms with Gasteiger partial charge in [-0.1, -0.05) is 67.4 Å². The number of aryl methyl sites for hydroxylation is 2. The highest BCUT2D eigenvalue weighted by atomic mass is 16.2. The van der Waals surface area contributed by atoms with Gasteiger partial charge >= 0.3 is 0 Å². The third-order valence-electron chi connectivity index (χ3n) is 5.98. The van der Waals surface area contributed by atoms with Crippen molar-refractivity contribution in [2.45, 2.75) is 45.2 Å². The number of rotatable bonds is 2. The van der Waals surface area contributed by atoms with Crippen LogP contribution in [-0.4, -0.2) is 18.1 Å². The van der Waals surface area contributed by atoms with Crippen LogP contribution in [0.1, 0.15) is 42.5 Å². The first kappa shape index (κ1) is 16.9. The summed E-state index contributed by atoms with van der Waals surface area (Å²) in [6, 6.07) is 15.1. The van der Waals surface area contributed by atoms with Crippen LogP contribution in [0.25, 0.3) is 6.08 Å². The van der Waals surface area contributed by atoms with Crippen molar-refractivity contribution in [3.05, 3.63) is 70.8 Å². The van der Waals surface area contributed by atoms with Gasteiger partial charge in [0.2, 0.25) is 5.91 Å². The Kier molecular flexibility index (Phi) is 3.72. The maximum absolute atomic E-state index is 12.4. The first-order valence-corrected chi connectivity index (χ1v) is 9.29. The largest absolute Gasteiger partial charge is 0.344 e. The number of benzene rings is 2. The van der Waals surface area contributed by atoms with Gasteiger partial charge < -0.3 is 10.2 Å². The Bertz CT molecular complexity index is 895. The third kappa shape index (κ3) is 2.38. The van der Waals surface area contributed by atoms with Crippen LogP contribution < -0.4 is 10.2 Å². The second-order valence-corrected chi connectivity index (χ2v) is 8.11. The maximum atomic E-state index is 12.4. The van der Waals surface area contributed by atoms with E-state index in [9.17, 15) is 4.79 Å². The highest BCUT2D eigenvalue weighted by Crippen LogP contribution is 2.52. The molecule has 2 aromatic rings. The standard InChI is InChI=1S/C23H26N2O/c1-16-5-8-18(9-6-16)11-13-23-22(3,4)19-15-17(2)7-10-20(19)25(23)14-12-21(26)24-23/h5-11,13,15H,12,14H2,1-4H3,(H,24,26)/b13-11+/t23-/m0/s1. The Morgan fingerprint density at radius 1 is 1.04 bits per heavy atom. The van der Waals surface area contributed by atoms with E-state index in [0.717, 1.165) is 12.1 Å². The predicted molar refractivity (Wildman–Crippen MR) is 107 cm³/mol. The molecule has 0 aromatic heterocycles. The first-order chi connectivity index (χ1) is 12.3. The predicted octanol–water partition coefficient (Wildman–Crippen LogP) is 4.33. The molecule has 3 heteroatoms. The summed E-state index contributed by atoms with van der Waals surface area (Å²) in [7, 11) is 0. The zero-order valence-electron chi connectivity index (χ0n) is 16.0. The molecular formula is C23H26N2O. The molecule has 1 N–H and O–H groups in total. The van der Waals surface area contributed by atoms with Crippen molar-refractivity contribution < 1.29 is 4.79 Å². The summed E-state index contributed by atoms with van der Waals surface area (Å²) in [5, 5.41) is 3.33. The van der Waals surface area contributed by atoms with Crippen LogP contribution in [0.2, 0.25) is 0 Å². The van der Waals surface area contributed by atoms with Crippen LogP contribution in [0.4, 0.5) is 5.69 Å². The summed E-state index contributed by atoms with van der Waals surface area (Å²) in [4.78, 5) is 14.8. The zero-order valence-corrected chi connectivity index (χ0v) is 16.0. The highest BCUT2D eigenvalue weighted by molar-refractivity contribution is 5.84. The molecule has 2 heterocycles. The molecule has 0 saturated carbocycles. The summed E-state index contributed by atoms with van der Waals surface area (Å²) in [5.41, 5.74) is 5.40. The van der Waals surface area contributed by atoms with E-state index in [1.807, 2.05) is 0 Å². The molecule has 1 amide bonds.